The van der Waals surface area contributed by atoms with E-state index in [1.54, 1.807) is 0 Å². The summed E-state index contributed by atoms with van der Waals surface area (Å²) in [5.74, 6) is -2.18. The standard InChI is InChI=1S/C32H16N8.4C7H10N.4C7H12O5S.Cu/c1-2-10-18-17(9-1)25-33-26(18)38-28-21-13-5-6-14-22(21)30(35-28)40-32-24-16-8-7-15-23(24)31(36-32)39-29-20-12-4-3-11-19(20)27(34-29)37-25;4*1-2-8-6-4-3-5-7-8;4*1-6(2)7(8)12-4-3-5-13(9,10)11;/h1-16H;4*3-7H,2H2,1H3;4*1,3-5H2,2H3,(H,9,10,11);/q-2;4*+1;;;;;+2/p-4. The Balaban J connectivity index is 0.000000324. The van der Waals surface area contributed by atoms with Crippen LogP contribution in [0.25, 0.3) is 89.7 Å². The van der Waals surface area contributed by atoms with E-state index in [4.69, 9.17) is 39.9 Å². The van der Waals surface area contributed by atoms with Crippen molar-refractivity contribution in [1.82, 2.24) is 39.9 Å². The molecular weight excluding hydrogens is 1740 g/mol. The zero-order chi connectivity index (χ0) is 91.4. The van der Waals surface area contributed by atoms with Crippen LogP contribution in [0.5, 0.6) is 0 Å². The first kappa shape index (κ1) is 105. The van der Waals surface area contributed by atoms with Crippen molar-refractivity contribution < 1.29 is 125 Å². The summed E-state index contributed by atoms with van der Waals surface area (Å²) in [6.45, 7) is 31.6. The Hall–Kier alpha value is -12.2. The van der Waals surface area contributed by atoms with E-state index in [1.165, 1.54) is 27.7 Å². The van der Waals surface area contributed by atoms with Crippen LogP contribution in [0.15, 0.2) is 268 Å². The summed E-state index contributed by atoms with van der Waals surface area (Å²) in [6.07, 6.45) is 16.5. The van der Waals surface area contributed by atoms with Gasteiger partial charge in [0.2, 0.25) is 0 Å². The van der Waals surface area contributed by atoms with Crippen LogP contribution in [-0.4, -0.2) is 155 Å². The summed E-state index contributed by atoms with van der Waals surface area (Å²) in [7, 11) is -16.8. The van der Waals surface area contributed by atoms with Crippen molar-refractivity contribution in [3.63, 3.8) is 0 Å². The first-order chi connectivity index (χ1) is 58.8. The molecule has 37 heteroatoms. The van der Waals surface area contributed by atoms with Gasteiger partial charge in [-0.05, 0) is 103 Å². The zero-order valence-electron chi connectivity index (χ0n) is 70.4. The summed E-state index contributed by atoms with van der Waals surface area (Å²) < 4.78 is 148. The molecule has 0 unspecified atom stereocenters. The number of pyridine rings is 4. The van der Waals surface area contributed by atoms with Gasteiger partial charge >= 0.3 is 40.9 Å². The molecule has 0 saturated heterocycles. The monoisotopic (exact) mass is 1840 g/mol. The van der Waals surface area contributed by atoms with E-state index in [0.717, 1.165) is 70.0 Å². The molecule has 2 aliphatic rings. The van der Waals surface area contributed by atoms with Crippen molar-refractivity contribution in [2.75, 3.05) is 49.4 Å². The van der Waals surface area contributed by atoms with Crippen molar-refractivity contribution in [3.05, 3.63) is 268 Å². The quantitative estimate of drug-likeness (QED) is 0.0103. The molecule has 0 N–H and O–H groups in total. The number of carbonyl (C=O) groups excluding carboxylic acids is 4. The number of benzene rings is 4. The molecule has 32 nitrogen and oxygen atoms in total. The summed E-state index contributed by atoms with van der Waals surface area (Å²) in [4.78, 5) is 82.1. The number of fused-ring (bicyclic) bond motifs is 20. The van der Waals surface area contributed by atoms with Crippen LogP contribution in [0.4, 0.5) is 0 Å². The molecule has 9 heterocycles. The van der Waals surface area contributed by atoms with Gasteiger partial charge in [0.05, 0.1) is 90.2 Å². The third kappa shape index (κ3) is 39.9. The molecule has 1 radical (unpaired) electrons. The van der Waals surface area contributed by atoms with Gasteiger partial charge in [0.15, 0.2) is 49.6 Å². The van der Waals surface area contributed by atoms with Crippen molar-refractivity contribution in [2.24, 2.45) is 0 Å². The van der Waals surface area contributed by atoms with Crippen LogP contribution >= 0.6 is 0 Å². The smallest absolute Gasteiger partial charge is 0.748 e. The van der Waals surface area contributed by atoms with Gasteiger partial charge in [-0.2, -0.15) is 0 Å². The SMILES string of the molecule is C=C(C)C(=O)OCCCS(=O)(=O)[O-].C=C(C)C(=O)OCCCS(=O)(=O)[O-].C=C(C)C(=O)OCCCS(=O)(=O)[O-].C=C(C)C(=O)OCCCS(=O)(=O)[O-].CC[n+]1ccccc1.CC[n+]1ccccc1.CC[n+]1ccccc1.CC[n+]1ccccc1.[Cu+2].c1ccc2c(c1)-c1nc-2nc2[n-]c(nc3nc(nc4[n-]c(n1)c1ccccc41)-c1ccccc1-3)c1ccccc21. The largest absolute Gasteiger partial charge is 2.00 e. The Labute approximate surface area is 739 Å². The average Bonchev–Trinajstić information content (AvgIpc) is 1.60. The van der Waals surface area contributed by atoms with Crippen LogP contribution in [-0.2, 0) is 122 Å². The molecule has 7 aromatic heterocycles. The van der Waals surface area contributed by atoms with Gasteiger partial charge in [0, 0.05) is 139 Å². The van der Waals surface area contributed by atoms with Crippen molar-refractivity contribution in [3.8, 4) is 45.6 Å². The fraction of sp³-hybridized carbons (Fsp3) is 0.273. The van der Waals surface area contributed by atoms with Crippen molar-refractivity contribution >= 4 is 108 Å². The maximum absolute atomic E-state index is 10.7. The van der Waals surface area contributed by atoms with Gasteiger partial charge in [-0.3, -0.25) is 0 Å². The second kappa shape index (κ2) is 53.8. The van der Waals surface area contributed by atoms with E-state index >= 15 is 0 Å². The predicted octanol–water partition coefficient (Wildman–Crippen LogP) is 10.3. The molecular formula is C88H100CuN12O20S4. The fourth-order valence-corrected chi connectivity index (χ4v) is 12.0. The molecule has 0 fully saturated rings. The number of ether oxygens (including phenoxy) is 4. The Morgan fingerprint density at radius 3 is 0.632 bits per heavy atom. The molecule has 8 bridgehead atoms. The summed E-state index contributed by atoms with van der Waals surface area (Å²) in [5, 5.41) is 3.57. The molecule has 11 aromatic rings. The third-order valence-electron chi connectivity index (χ3n) is 16.4. The number of carbonyl (C=O) groups is 4. The average molecular weight is 1840 g/mol. The predicted molar refractivity (Wildman–Crippen MR) is 463 cm³/mol. The zero-order valence-corrected chi connectivity index (χ0v) is 74.6. The first-order valence-electron chi connectivity index (χ1n) is 38.7. The minimum absolute atomic E-state index is 0. The van der Waals surface area contributed by atoms with Gasteiger partial charge in [-0.1, -0.05) is 148 Å². The van der Waals surface area contributed by atoms with Gasteiger partial charge in [0.1, 0.15) is 26.2 Å². The van der Waals surface area contributed by atoms with E-state index < -0.39 is 87.4 Å². The topological polar surface area (TPSA) is 455 Å². The number of esters is 4. The van der Waals surface area contributed by atoms with Gasteiger partial charge in [-0.25, -0.2) is 81.1 Å². The van der Waals surface area contributed by atoms with E-state index in [2.05, 4.69) is 141 Å². The number of aromatic nitrogens is 12. The molecule has 0 amide bonds. The number of nitrogens with zero attached hydrogens (tertiary/aromatic N) is 12. The molecule has 0 aliphatic carbocycles. The Morgan fingerprint density at radius 2 is 0.480 bits per heavy atom. The van der Waals surface area contributed by atoms with Crippen LogP contribution in [0, 0.1) is 0 Å². The second-order valence-electron chi connectivity index (χ2n) is 26.6. The maximum atomic E-state index is 10.7. The molecule has 0 atom stereocenters. The normalized spacial score (nSPS) is 10.7. The summed E-state index contributed by atoms with van der Waals surface area (Å²) in [5.41, 5.74) is 6.74. The third-order valence-corrected chi connectivity index (χ3v) is 19.5. The Bertz CT molecular complexity index is 5350. The molecule has 0 spiro atoms. The first-order valence-corrected chi connectivity index (χ1v) is 45.0. The van der Waals surface area contributed by atoms with E-state index in [-0.39, 0.29) is 91.5 Å². The maximum Gasteiger partial charge on any atom is 2.00 e. The number of aryl methyl sites for hydroxylation is 4. The van der Waals surface area contributed by atoms with Crippen LogP contribution in [0.1, 0.15) is 81.1 Å². The summed E-state index contributed by atoms with van der Waals surface area (Å²) >= 11 is 0. The summed E-state index contributed by atoms with van der Waals surface area (Å²) in [6, 6.07) is 56.2. The minimum Gasteiger partial charge on any atom is -0.748 e. The molecule has 667 valence electrons. The fourth-order valence-electron chi connectivity index (χ4n) is 10.1. The van der Waals surface area contributed by atoms with E-state index in [0.29, 0.717) is 45.9 Å². The van der Waals surface area contributed by atoms with Crippen molar-refractivity contribution in [1.29, 1.82) is 0 Å². The Kier molecular flexibility index (Phi) is 45.3. The van der Waals surface area contributed by atoms with Gasteiger partial charge < -0.3 is 67.1 Å². The number of hydrogen-bond acceptors (Lipinski definition) is 26. The van der Waals surface area contributed by atoms with Gasteiger partial charge in [0.25, 0.3) is 0 Å². The number of hydrogen-bond donors (Lipinski definition) is 0. The Morgan fingerprint density at radius 1 is 0.304 bits per heavy atom. The molecule has 0 saturated carbocycles. The molecule has 13 rings (SSSR count). The molecule has 2 aliphatic heterocycles. The van der Waals surface area contributed by atoms with Crippen LogP contribution in [0.2, 0.25) is 0 Å². The molecule has 125 heavy (non-hydrogen) atoms. The minimum atomic E-state index is -4.21. The van der Waals surface area contributed by atoms with Gasteiger partial charge in [-0.15, -0.1) is 0 Å². The van der Waals surface area contributed by atoms with Crippen LogP contribution in [0.3, 0.4) is 0 Å². The van der Waals surface area contributed by atoms with Crippen molar-refractivity contribution in [2.45, 2.75) is 107 Å². The second-order valence-corrected chi connectivity index (χ2v) is 32.7. The van der Waals surface area contributed by atoms with E-state index in [9.17, 15) is 71.1 Å². The van der Waals surface area contributed by atoms with E-state index in [1.807, 2.05) is 170 Å². The van der Waals surface area contributed by atoms with Crippen LogP contribution < -0.4 is 28.2 Å². The molecule has 4 aromatic carbocycles. The number of rotatable bonds is 24.